The van der Waals surface area contributed by atoms with Gasteiger partial charge in [-0.1, -0.05) is 38.1 Å². The van der Waals surface area contributed by atoms with E-state index in [1.807, 2.05) is 53.9 Å². The summed E-state index contributed by atoms with van der Waals surface area (Å²) in [4.78, 5) is 43.6. The molecule has 0 unspecified atom stereocenters. The van der Waals surface area contributed by atoms with Crippen LogP contribution in [-0.4, -0.2) is 105 Å². The average Bonchev–Trinajstić information content (AvgIpc) is 3.80. The second-order valence-electron chi connectivity index (χ2n) is 14.6. The molecule has 8 atom stereocenters. The van der Waals surface area contributed by atoms with Gasteiger partial charge in [-0.25, -0.2) is 19.0 Å². The maximum Gasteiger partial charge on any atom is 0.410 e. The molecule has 1 saturated heterocycles. The number of hydrogen-bond acceptors (Lipinski definition) is 10. The SMILES string of the molecule is [B][C@H](CC(=O)[C@](C)(F)C(=O)O)[C@@](C)(C[C@@H](C)CN[C@H](C)[C@H]1N(CCCCn2cc(-c3nc4ccccc4s3)nn2)C(=O)O[C@]1(C)[C@H](C)CC)OC. The highest BCUT2D eigenvalue weighted by Gasteiger charge is 2.55. The van der Waals surface area contributed by atoms with Gasteiger partial charge in [-0.15, -0.1) is 16.4 Å². The van der Waals surface area contributed by atoms with Crippen molar-refractivity contribution in [3.63, 3.8) is 0 Å². The summed E-state index contributed by atoms with van der Waals surface area (Å²) >= 11 is 1.58. The number of halogens is 1. The third-order valence-corrected chi connectivity index (χ3v) is 11.8. The predicted octanol–water partition coefficient (Wildman–Crippen LogP) is 6.10. The fourth-order valence-electron chi connectivity index (χ4n) is 6.94. The van der Waals surface area contributed by atoms with Gasteiger partial charge in [-0.05, 0) is 89.7 Å². The minimum absolute atomic E-state index is 0.00792. The van der Waals surface area contributed by atoms with E-state index in [1.165, 1.54) is 7.11 Å². The van der Waals surface area contributed by atoms with Crippen molar-refractivity contribution in [3.05, 3.63) is 30.5 Å². The summed E-state index contributed by atoms with van der Waals surface area (Å²) in [6.45, 7) is 14.4. The summed E-state index contributed by atoms with van der Waals surface area (Å²) < 4.78 is 29.2. The fraction of sp³-hybridized carbons (Fsp3) is 0.667. The zero-order chi connectivity index (χ0) is 37.7. The van der Waals surface area contributed by atoms with Gasteiger partial charge in [0.1, 0.15) is 16.3 Å². The first kappa shape index (κ1) is 40.3. The Morgan fingerprint density at radius 3 is 2.55 bits per heavy atom. The number of carboxylic acids is 1. The van der Waals surface area contributed by atoms with Crippen molar-refractivity contribution in [3.8, 4) is 10.7 Å². The highest BCUT2D eigenvalue weighted by molar-refractivity contribution is 7.21. The van der Waals surface area contributed by atoms with Crippen molar-refractivity contribution in [2.24, 2.45) is 11.8 Å². The number of amides is 1. The molecule has 2 N–H and O–H groups in total. The molecule has 3 heterocycles. The van der Waals surface area contributed by atoms with E-state index in [1.54, 1.807) is 18.3 Å². The molecule has 2 radical (unpaired) electrons. The van der Waals surface area contributed by atoms with Crippen LogP contribution in [0.25, 0.3) is 20.9 Å². The maximum atomic E-state index is 14.4. The summed E-state index contributed by atoms with van der Waals surface area (Å²) in [5.74, 6) is -3.77. The number of nitrogens with one attached hydrogen (secondary N) is 1. The molecule has 2 aromatic heterocycles. The Morgan fingerprint density at radius 2 is 1.90 bits per heavy atom. The van der Waals surface area contributed by atoms with E-state index >= 15 is 0 Å². The van der Waals surface area contributed by atoms with Crippen molar-refractivity contribution >= 4 is 47.2 Å². The molecule has 12 nitrogen and oxygen atoms in total. The molecule has 3 aromatic rings. The Labute approximate surface area is 305 Å². The van der Waals surface area contributed by atoms with E-state index in [9.17, 15) is 18.8 Å². The van der Waals surface area contributed by atoms with Crippen LogP contribution < -0.4 is 5.32 Å². The standard InChI is InChI=1S/C36H52BFN6O6S/c1-9-23(3)36(7)30(24(4)39-20-22(2)19-34(5,49-8)28(37)18-29(45)35(6,38)32(46)47)44(33(48)50-36)17-13-12-16-43-21-26(41-42-43)31-40-25-14-10-11-15-27(25)51-31/h10-11,14-15,21-24,28,30,39H,9,12-13,16-20H2,1-8H3,(H,46,47)/t22-,23-,24-,28-,30-,34-,35+,36-/m1/s1. The van der Waals surface area contributed by atoms with Crippen molar-refractivity contribution in [2.45, 2.75) is 122 Å². The number of carbonyl (C=O) groups excluding carboxylic acids is 2. The van der Waals surface area contributed by atoms with E-state index in [-0.39, 0.29) is 30.0 Å². The largest absolute Gasteiger partial charge is 0.479 e. The van der Waals surface area contributed by atoms with Gasteiger partial charge in [0.15, 0.2) is 5.78 Å². The molecule has 1 aromatic carbocycles. The van der Waals surface area contributed by atoms with Crippen LogP contribution in [0.1, 0.15) is 80.6 Å². The van der Waals surface area contributed by atoms with E-state index < -0.39 is 40.9 Å². The van der Waals surface area contributed by atoms with Crippen molar-refractivity contribution in [1.82, 2.24) is 30.2 Å². The molecule has 0 aliphatic carbocycles. The first-order valence-corrected chi connectivity index (χ1v) is 18.5. The molecule has 51 heavy (non-hydrogen) atoms. The molecular weight excluding hydrogens is 674 g/mol. The maximum absolute atomic E-state index is 14.4. The first-order chi connectivity index (χ1) is 24.0. The molecule has 0 bridgehead atoms. The average molecular weight is 727 g/mol. The Bertz CT molecular complexity index is 1640. The lowest BCUT2D eigenvalue weighted by molar-refractivity contribution is -0.156. The Balaban J connectivity index is 1.36. The number of hydrogen-bond donors (Lipinski definition) is 2. The lowest BCUT2D eigenvalue weighted by Crippen LogP contribution is -2.58. The number of benzene rings is 1. The molecule has 15 heteroatoms. The molecule has 1 aliphatic heterocycles. The number of alkyl halides is 1. The van der Waals surface area contributed by atoms with Crippen LogP contribution >= 0.6 is 11.3 Å². The highest BCUT2D eigenvalue weighted by Crippen LogP contribution is 2.40. The van der Waals surface area contributed by atoms with Crippen molar-refractivity contribution in [2.75, 3.05) is 20.2 Å². The van der Waals surface area contributed by atoms with Gasteiger partial charge in [-0.3, -0.25) is 14.4 Å². The van der Waals surface area contributed by atoms with Crippen LogP contribution in [0.4, 0.5) is 9.18 Å². The third-order valence-electron chi connectivity index (χ3n) is 10.7. The number of fused-ring (bicyclic) bond motifs is 1. The smallest absolute Gasteiger partial charge is 0.410 e. The minimum Gasteiger partial charge on any atom is -0.479 e. The molecular formula is C36H52BFN6O6S. The van der Waals surface area contributed by atoms with Gasteiger partial charge in [0.05, 0.1) is 35.9 Å². The number of thiazole rings is 1. The number of cyclic esters (lactones) is 1. The number of rotatable bonds is 20. The second-order valence-corrected chi connectivity index (χ2v) is 15.7. The van der Waals surface area contributed by atoms with E-state index in [4.69, 9.17) is 22.4 Å². The van der Waals surface area contributed by atoms with Crippen LogP contribution in [0.5, 0.6) is 0 Å². The normalized spacial score (nSPS) is 22.6. The predicted molar refractivity (Wildman–Crippen MR) is 196 cm³/mol. The molecule has 0 spiro atoms. The topological polar surface area (TPSA) is 149 Å². The second kappa shape index (κ2) is 16.5. The first-order valence-electron chi connectivity index (χ1n) is 17.7. The number of ether oxygens (including phenoxy) is 2. The molecule has 278 valence electrons. The summed E-state index contributed by atoms with van der Waals surface area (Å²) in [5.41, 5.74) is -3.08. The number of Topliss-reactive ketones (excluding diaryl/α,β-unsaturated/α-hetero) is 1. The summed E-state index contributed by atoms with van der Waals surface area (Å²) in [5, 5.41) is 22.2. The summed E-state index contributed by atoms with van der Waals surface area (Å²) in [6.07, 6.45) is 3.88. The van der Waals surface area contributed by atoms with Gasteiger partial charge in [-0.2, -0.15) is 0 Å². The molecule has 4 rings (SSSR count). The third kappa shape index (κ3) is 8.97. The van der Waals surface area contributed by atoms with Gasteiger partial charge in [0.25, 0.3) is 5.67 Å². The monoisotopic (exact) mass is 726 g/mol. The van der Waals surface area contributed by atoms with E-state index in [2.05, 4.69) is 41.4 Å². The van der Waals surface area contributed by atoms with Crippen LogP contribution in [0.3, 0.4) is 0 Å². The number of carbonyl (C=O) groups is 3. The van der Waals surface area contributed by atoms with Gasteiger partial charge < -0.3 is 19.9 Å². The van der Waals surface area contributed by atoms with Crippen LogP contribution in [0.2, 0.25) is 5.82 Å². The van der Waals surface area contributed by atoms with Crippen LogP contribution in [0.15, 0.2) is 30.5 Å². The number of aromatic nitrogens is 4. The Kier molecular flexibility index (Phi) is 13.1. The number of aryl methyl sites for hydroxylation is 1. The number of methoxy groups -OCH3 is 1. The highest BCUT2D eigenvalue weighted by atomic mass is 32.1. The van der Waals surface area contributed by atoms with Crippen LogP contribution in [-0.2, 0) is 25.6 Å². The fourth-order valence-corrected chi connectivity index (χ4v) is 7.86. The van der Waals surface area contributed by atoms with E-state index in [0.29, 0.717) is 26.1 Å². The number of para-hydroxylation sites is 1. The molecule has 1 aliphatic rings. The van der Waals surface area contributed by atoms with Gasteiger partial charge in [0.2, 0.25) is 0 Å². The lowest BCUT2D eigenvalue weighted by atomic mass is 9.67. The lowest BCUT2D eigenvalue weighted by Gasteiger charge is -2.41. The van der Waals surface area contributed by atoms with E-state index in [0.717, 1.165) is 47.1 Å². The summed E-state index contributed by atoms with van der Waals surface area (Å²) in [7, 11) is 7.79. The number of ketones is 1. The zero-order valence-corrected chi connectivity index (χ0v) is 31.8. The number of aliphatic carboxylic acids is 1. The molecule has 0 saturated carbocycles. The van der Waals surface area contributed by atoms with Gasteiger partial charge in [0, 0.05) is 32.7 Å². The molecule has 1 amide bonds. The summed E-state index contributed by atoms with van der Waals surface area (Å²) in [6, 6.07) is 7.60. The Hall–Kier alpha value is -3.43. The number of unbranched alkanes of at least 4 members (excludes halogenated alkanes) is 1. The van der Waals surface area contributed by atoms with Crippen molar-refractivity contribution in [1.29, 1.82) is 0 Å². The minimum atomic E-state index is -3.03. The zero-order valence-electron chi connectivity index (χ0n) is 31.0. The number of carboxylic acid groups (broad SMARTS) is 1. The van der Waals surface area contributed by atoms with Crippen molar-refractivity contribution < 1.29 is 33.4 Å². The van der Waals surface area contributed by atoms with Gasteiger partial charge >= 0.3 is 12.1 Å². The molecule has 1 fully saturated rings. The number of nitrogens with zero attached hydrogens (tertiary/aromatic N) is 5. The van der Waals surface area contributed by atoms with Crippen LogP contribution in [0, 0.1) is 11.8 Å². The Morgan fingerprint density at radius 1 is 1.22 bits per heavy atom. The quantitative estimate of drug-likeness (QED) is 0.0795.